The lowest BCUT2D eigenvalue weighted by atomic mass is 10.1. The standard InChI is InChI=1S/C16H13F4N3O2/c1-9(24)23-14-7-10(4-5-21-14)15(25)22-8-11-6-12(16(18,19)20)2-3-13(11)17/h2-7H,8H2,1H3,(H,22,25)(H,21,23,24). The van der Waals surface area contributed by atoms with Crippen molar-refractivity contribution in [2.75, 3.05) is 5.32 Å². The summed E-state index contributed by atoms with van der Waals surface area (Å²) in [6, 6.07) is 4.61. The third kappa shape index (κ3) is 5.00. The van der Waals surface area contributed by atoms with Crippen LogP contribution in [0.15, 0.2) is 36.5 Å². The number of pyridine rings is 1. The van der Waals surface area contributed by atoms with Gasteiger partial charge in [-0.05, 0) is 30.3 Å². The maximum absolute atomic E-state index is 13.6. The zero-order chi connectivity index (χ0) is 18.6. The summed E-state index contributed by atoms with van der Waals surface area (Å²) in [6.45, 7) is 0.844. The van der Waals surface area contributed by atoms with Crippen LogP contribution >= 0.6 is 0 Å². The first-order valence-corrected chi connectivity index (χ1v) is 7.04. The number of halogens is 4. The SMILES string of the molecule is CC(=O)Nc1cc(C(=O)NCc2cc(C(F)(F)F)ccc2F)ccn1. The fraction of sp³-hybridized carbons (Fsp3) is 0.188. The van der Waals surface area contributed by atoms with Gasteiger partial charge < -0.3 is 10.6 Å². The molecular formula is C16H13F4N3O2. The first-order valence-electron chi connectivity index (χ1n) is 7.04. The molecule has 0 bridgehead atoms. The van der Waals surface area contributed by atoms with Gasteiger partial charge in [-0.1, -0.05) is 0 Å². The number of carbonyl (C=O) groups excluding carboxylic acids is 2. The average Bonchev–Trinajstić information content (AvgIpc) is 2.52. The molecule has 0 saturated carbocycles. The fourth-order valence-corrected chi connectivity index (χ4v) is 1.98. The molecule has 0 saturated heterocycles. The lowest BCUT2D eigenvalue weighted by Crippen LogP contribution is -2.24. The lowest BCUT2D eigenvalue weighted by molar-refractivity contribution is -0.137. The van der Waals surface area contributed by atoms with Crippen molar-refractivity contribution in [1.82, 2.24) is 10.3 Å². The summed E-state index contributed by atoms with van der Waals surface area (Å²) in [7, 11) is 0. The number of carbonyl (C=O) groups is 2. The summed E-state index contributed by atoms with van der Waals surface area (Å²) >= 11 is 0. The van der Waals surface area contributed by atoms with Gasteiger partial charge in [-0.3, -0.25) is 9.59 Å². The van der Waals surface area contributed by atoms with Gasteiger partial charge in [-0.15, -0.1) is 0 Å². The van der Waals surface area contributed by atoms with Crippen molar-refractivity contribution >= 4 is 17.6 Å². The van der Waals surface area contributed by atoms with Crippen LogP contribution in [0.1, 0.15) is 28.4 Å². The molecule has 2 N–H and O–H groups in total. The van der Waals surface area contributed by atoms with Crippen LogP contribution in [0.5, 0.6) is 0 Å². The largest absolute Gasteiger partial charge is 0.416 e. The van der Waals surface area contributed by atoms with Gasteiger partial charge in [0.25, 0.3) is 5.91 Å². The number of alkyl halides is 3. The number of aromatic nitrogens is 1. The molecule has 0 fully saturated rings. The Morgan fingerprint density at radius 2 is 1.88 bits per heavy atom. The van der Waals surface area contributed by atoms with Crippen molar-refractivity contribution in [2.45, 2.75) is 19.6 Å². The molecule has 1 heterocycles. The zero-order valence-electron chi connectivity index (χ0n) is 12.9. The zero-order valence-corrected chi connectivity index (χ0v) is 12.9. The van der Waals surface area contributed by atoms with Crippen molar-refractivity contribution in [3.05, 3.63) is 59.0 Å². The summed E-state index contributed by atoms with van der Waals surface area (Å²) < 4.78 is 51.6. The van der Waals surface area contributed by atoms with Crippen LogP contribution in [0.4, 0.5) is 23.4 Å². The third-order valence-corrected chi connectivity index (χ3v) is 3.14. The predicted molar refractivity (Wildman–Crippen MR) is 81.1 cm³/mol. The quantitative estimate of drug-likeness (QED) is 0.828. The van der Waals surface area contributed by atoms with Gasteiger partial charge in [0, 0.05) is 30.8 Å². The molecule has 25 heavy (non-hydrogen) atoms. The molecule has 5 nitrogen and oxygen atoms in total. The van der Waals surface area contributed by atoms with E-state index in [0.717, 1.165) is 0 Å². The number of anilines is 1. The van der Waals surface area contributed by atoms with E-state index < -0.39 is 30.0 Å². The fourth-order valence-electron chi connectivity index (χ4n) is 1.98. The Kier molecular flexibility index (Phi) is 5.35. The van der Waals surface area contributed by atoms with Gasteiger partial charge >= 0.3 is 6.18 Å². The number of rotatable bonds is 4. The number of benzene rings is 1. The minimum atomic E-state index is -4.61. The molecule has 0 atom stereocenters. The molecule has 0 radical (unpaired) electrons. The third-order valence-electron chi connectivity index (χ3n) is 3.14. The van der Waals surface area contributed by atoms with Crippen molar-refractivity contribution in [3.8, 4) is 0 Å². The summed E-state index contributed by atoms with van der Waals surface area (Å²) in [4.78, 5) is 26.9. The van der Waals surface area contributed by atoms with Gasteiger partial charge in [0.05, 0.1) is 5.56 Å². The number of nitrogens with one attached hydrogen (secondary N) is 2. The monoisotopic (exact) mass is 355 g/mol. The van der Waals surface area contributed by atoms with E-state index in [0.29, 0.717) is 18.2 Å². The van der Waals surface area contributed by atoms with Gasteiger partial charge in [0.15, 0.2) is 0 Å². The molecule has 0 aliphatic carbocycles. The number of hydrogen-bond donors (Lipinski definition) is 2. The minimum Gasteiger partial charge on any atom is -0.348 e. The average molecular weight is 355 g/mol. The van der Waals surface area contributed by atoms with Crippen LogP contribution in [0.25, 0.3) is 0 Å². The van der Waals surface area contributed by atoms with E-state index in [-0.39, 0.29) is 22.9 Å². The molecule has 2 rings (SSSR count). The molecule has 0 aliphatic rings. The van der Waals surface area contributed by atoms with E-state index in [1.54, 1.807) is 0 Å². The minimum absolute atomic E-state index is 0.117. The molecule has 2 aromatic rings. The number of amides is 2. The molecule has 0 spiro atoms. The highest BCUT2D eigenvalue weighted by Crippen LogP contribution is 2.30. The lowest BCUT2D eigenvalue weighted by Gasteiger charge is -2.11. The van der Waals surface area contributed by atoms with E-state index in [4.69, 9.17) is 0 Å². The second kappa shape index (κ2) is 7.29. The van der Waals surface area contributed by atoms with Crippen LogP contribution in [0.2, 0.25) is 0 Å². The predicted octanol–water partition coefficient (Wildman–Crippen LogP) is 3.13. The van der Waals surface area contributed by atoms with E-state index in [9.17, 15) is 27.2 Å². The highest BCUT2D eigenvalue weighted by Gasteiger charge is 2.31. The van der Waals surface area contributed by atoms with E-state index in [1.807, 2.05) is 0 Å². The van der Waals surface area contributed by atoms with E-state index in [2.05, 4.69) is 15.6 Å². The molecular weight excluding hydrogens is 342 g/mol. The second-order valence-corrected chi connectivity index (χ2v) is 5.10. The Labute approximate surface area is 140 Å². The highest BCUT2D eigenvalue weighted by atomic mass is 19.4. The molecule has 1 aromatic heterocycles. The van der Waals surface area contributed by atoms with Crippen molar-refractivity contribution < 1.29 is 27.2 Å². The molecule has 9 heteroatoms. The molecule has 0 unspecified atom stereocenters. The second-order valence-electron chi connectivity index (χ2n) is 5.10. The Bertz CT molecular complexity index is 806. The summed E-state index contributed by atoms with van der Waals surface area (Å²) in [5, 5.41) is 4.72. The van der Waals surface area contributed by atoms with Crippen molar-refractivity contribution in [2.24, 2.45) is 0 Å². The molecule has 1 aromatic carbocycles. The Balaban J connectivity index is 2.11. The van der Waals surface area contributed by atoms with Gasteiger partial charge in [-0.25, -0.2) is 9.37 Å². The van der Waals surface area contributed by atoms with Crippen LogP contribution in [-0.4, -0.2) is 16.8 Å². The van der Waals surface area contributed by atoms with Crippen LogP contribution in [0.3, 0.4) is 0 Å². The van der Waals surface area contributed by atoms with Gasteiger partial charge in [-0.2, -0.15) is 13.2 Å². The first kappa shape index (κ1) is 18.4. The first-order chi connectivity index (χ1) is 11.7. The highest BCUT2D eigenvalue weighted by molar-refractivity contribution is 5.96. The van der Waals surface area contributed by atoms with Crippen LogP contribution in [-0.2, 0) is 17.5 Å². The summed E-state index contributed by atoms with van der Waals surface area (Å²) in [6.07, 6.45) is -3.32. The number of nitrogens with zero attached hydrogens (tertiary/aromatic N) is 1. The maximum Gasteiger partial charge on any atom is 0.416 e. The maximum atomic E-state index is 13.6. The van der Waals surface area contributed by atoms with Gasteiger partial charge in [0.2, 0.25) is 5.91 Å². The van der Waals surface area contributed by atoms with Gasteiger partial charge in [0.1, 0.15) is 11.6 Å². The van der Waals surface area contributed by atoms with Crippen LogP contribution < -0.4 is 10.6 Å². The van der Waals surface area contributed by atoms with E-state index in [1.165, 1.54) is 25.3 Å². The van der Waals surface area contributed by atoms with Crippen LogP contribution in [0, 0.1) is 5.82 Å². The Hall–Kier alpha value is -2.97. The summed E-state index contributed by atoms with van der Waals surface area (Å²) in [5.41, 5.74) is -1.18. The molecule has 132 valence electrons. The smallest absolute Gasteiger partial charge is 0.348 e. The van der Waals surface area contributed by atoms with E-state index >= 15 is 0 Å². The Morgan fingerprint density at radius 3 is 2.52 bits per heavy atom. The topological polar surface area (TPSA) is 71.1 Å². The number of hydrogen-bond acceptors (Lipinski definition) is 3. The molecule has 0 aliphatic heterocycles. The van der Waals surface area contributed by atoms with Crippen molar-refractivity contribution in [1.29, 1.82) is 0 Å². The Morgan fingerprint density at radius 1 is 1.16 bits per heavy atom. The normalized spacial score (nSPS) is 11.1. The van der Waals surface area contributed by atoms with Crippen molar-refractivity contribution in [3.63, 3.8) is 0 Å². The molecule has 2 amide bonds. The summed E-state index contributed by atoms with van der Waals surface area (Å²) in [5.74, 6) is -1.74.